The summed E-state index contributed by atoms with van der Waals surface area (Å²) in [6.07, 6.45) is 1.53. The minimum Gasteiger partial charge on any atom is -0.301 e. The number of carbonyl (C=O) groups excluding carboxylic acids is 3. The Morgan fingerprint density at radius 2 is 2.15 bits per heavy atom. The van der Waals surface area contributed by atoms with Crippen LogP contribution in [0.4, 0.5) is 0 Å². The Hall–Kier alpha value is -2.50. The highest BCUT2D eigenvalue weighted by molar-refractivity contribution is 6.02. The standard InChI is InChI=1S/C14H13N3O3/c18-8-7-17-11-4-2-1-3-9(11)13(16-17)10-5-6-12(19)15-14(10)20/h1-4,8,10H,5-7H2,(H,15,19,20). The van der Waals surface area contributed by atoms with Crippen molar-refractivity contribution in [1.82, 2.24) is 15.1 Å². The summed E-state index contributed by atoms with van der Waals surface area (Å²) in [6, 6.07) is 7.47. The lowest BCUT2D eigenvalue weighted by atomic mass is 9.93. The van der Waals surface area contributed by atoms with Crippen LogP contribution in [0.2, 0.25) is 0 Å². The number of benzene rings is 1. The van der Waals surface area contributed by atoms with Crippen molar-refractivity contribution < 1.29 is 14.4 Å². The van der Waals surface area contributed by atoms with Gasteiger partial charge in [0.05, 0.1) is 23.7 Å². The van der Waals surface area contributed by atoms with Gasteiger partial charge in [-0.15, -0.1) is 0 Å². The van der Waals surface area contributed by atoms with Crippen LogP contribution in [0, 0.1) is 0 Å². The predicted molar refractivity (Wildman–Crippen MR) is 70.9 cm³/mol. The number of para-hydroxylation sites is 1. The van der Waals surface area contributed by atoms with Crippen LogP contribution >= 0.6 is 0 Å². The van der Waals surface area contributed by atoms with E-state index in [9.17, 15) is 14.4 Å². The molecule has 1 aromatic heterocycles. The number of carbonyl (C=O) groups is 3. The molecule has 1 aromatic carbocycles. The third-order valence-corrected chi connectivity index (χ3v) is 3.50. The zero-order chi connectivity index (χ0) is 14.1. The van der Waals surface area contributed by atoms with Gasteiger partial charge in [-0.2, -0.15) is 5.10 Å². The van der Waals surface area contributed by atoms with E-state index in [0.717, 1.165) is 17.2 Å². The van der Waals surface area contributed by atoms with E-state index in [2.05, 4.69) is 10.4 Å². The fraction of sp³-hybridized carbons (Fsp3) is 0.286. The molecule has 102 valence electrons. The molecule has 0 spiro atoms. The summed E-state index contributed by atoms with van der Waals surface area (Å²) in [6.45, 7) is 0.147. The van der Waals surface area contributed by atoms with E-state index in [1.807, 2.05) is 24.3 Å². The quantitative estimate of drug-likeness (QED) is 0.660. The van der Waals surface area contributed by atoms with Gasteiger partial charge in [0, 0.05) is 11.8 Å². The van der Waals surface area contributed by atoms with Crippen molar-refractivity contribution in [3.05, 3.63) is 30.0 Å². The number of aldehydes is 1. The van der Waals surface area contributed by atoms with Gasteiger partial charge in [-0.05, 0) is 12.5 Å². The summed E-state index contributed by atoms with van der Waals surface area (Å²) in [4.78, 5) is 33.9. The molecule has 1 aliphatic heterocycles. The number of amides is 2. The lowest BCUT2D eigenvalue weighted by Gasteiger charge is -2.19. The Morgan fingerprint density at radius 1 is 1.35 bits per heavy atom. The monoisotopic (exact) mass is 271 g/mol. The van der Waals surface area contributed by atoms with E-state index < -0.39 is 5.92 Å². The van der Waals surface area contributed by atoms with Crippen molar-refractivity contribution in [2.75, 3.05) is 0 Å². The zero-order valence-corrected chi connectivity index (χ0v) is 10.7. The fourth-order valence-electron chi connectivity index (χ4n) is 2.57. The van der Waals surface area contributed by atoms with Gasteiger partial charge in [0.2, 0.25) is 11.8 Å². The number of nitrogens with zero attached hydrogens (tertiary/aromatic N) is 2. The number of nitrogens with one attached hydrogen (secondary N) is 1. The predicted octanol–water partition coefficient (Wildman–Crippen LogP) is 0.755. The molecule has 1 fully saturated rings. The topological polar surface area (TPSA) is 81.1 Å². The van der Waals surface area contributed by atoms with Gasteiger partial charge in [-0.1, -0.05) is 18.2 Å². The van der Waals surface area contributed by atoms with E-state index in [4.69, 9.17) is 0 Å². The first-order chi connectivity index (χ1) is 9.70. The number of fused-ring (bicyclic) bond motifs is 1. The number of aromatic nitrogens is 2. The third-order valence-electron chi connectivity index (χ3n) is 3.50. The van der Waals surface area contributed by atoms with E-state index in [1.54, 1.807) is 4.68 Å². The van der Waals surface area contributed by atoms with Gasteiger partial charge in [0.25, 0.3) is 0 Å². The Balaban J connectivity index is 2.09. The molecular formula is C14H13N3O3. The molecule has 20 heavy (non-hydrogen) atoms. The van der Waals surface area contributed by atoms with Crippen LogP contribution in [-0.2, 0) is 20.9 Å². The average molecular weight is 271 g/mol. The Bertz CT molecular complexity index is 705. The molecule has 0 radical (unpaired) electrons. The van der Waals surface area contributed by atoms with Crippen molar-refractivity contribution in [3.63, 3.8) is 0 Å². The highest BCUT2D eigenvalue weighted by atomic mass is 16.2. The maximum absolute atomic E-state index is 12.0. The van der Waals surface area contributed by atoms with Crippen molar-refractivity contribution in [2.24, 2.45) is 0 Å². The first-order valence-corrected chi connectivity index (χ1v) is 6.43. The summed E-state index contributed by atoms with van der Waals surface area (Å²) in [5.41, 5.74) is 1.45. The van der Waals surface area contributed by atoms with Crippen molar-refractivity contribution >= 4 is 29.0 Å². The molecule has 3 rings (SSSR count). The number of imide groups is 1. The number of rotatable bonds is 3. The second-order valence-corrected chi connectivity index (χ2v) is 4.75. The minimum absolute atomic E-state index is 0.147. The highest BCUT2D eigenvalue weighted by Gasteiger charge is 2.31. The maximum atomic E-state index is 12.0. The molecule has 1 saturated heterocycles. The molecule has 2 heterocycles. The minimum atomic E-state index is -0.439. The van der Waals surface area contributed by atoms with Crippen molar-refractivity contribution in [3.8, 4) is 0 Å². The molecular weight excluding hydrogens is 258 g/mol. The SMILES string of the molecule is O=CCn1nc(C2CCC(=O)NC2=O)c2ccccc21. The summed E-state index contributed by atoms with van der Waals surface area (Å²) >= 11 is 0. The van der Waals surface area contributed by atoms with E-state index in [-0.39, 0.29) is 18.4 Å². The molecule has 0 saturated carbocycles. The molecule has 6 nitrogen and oxygen atoms in total. The third kappa shape index (κ3) is 1.99. The van der Waals surface area contributed by atoms with Gasteiger partial charge < -0.3 is 4.79 Å². The Labute approximate surface area is 114 Å². The normalized spacial score (nSPS) is 19.1. The molecule has 6 heteroatoms. The van der Waals surface area contributed by atoms with Gasteiger partial charge in [0.15, 0.2) is 0 Å². The van der Waals surface area contributed by atoms with Crippen LogP contribution in [0.5, 0.6) is 0 Å². The second kappa shape index (κ2) is 4.88. The maximum Gasteiger partial charge on any atom is 0.235 e. The first-order valence-electron chi connectivity index (χ1n) is 6.43. The first kappa shape index (κ1) is 12.5. The summed E-state index contributed by atoms with van der Waals surface area (Å²) in [5, 5.41) is 7.58. The molecule has 1 aliphatic rings. The van der Waals surface area contributed by atoms with Gasteiger partial charge in [-0.3, -0.25) is 19.6 Å². The molecule has 0 aliphatic carbocycles. The van der Waals surface area contributed by atoms with Gasteiger partial charge >= 0.3 is 0 Å². The van der Waals surface area contributed by atoms with Crippen LogP contribution in [0.15, 0.2) is 24.3 Å². The van der Waals surface area contributed by atoms with Crippen LogP contribution in [0.1, 0.15) is 24.5 Å². The molecule has 2 amide bonds. The second-order valence-electron chi connectivity index (χ2n) is 4.75. The molecule has 2 aromatic rings. The van der Waals surface area contributed by atoms with Crippen LogP contribution in [0.25, 0.3) is 10.9 Å². The number of piperidine rings is 1. The summed E-state index contributed by atoms with van der Waals surface area (Å²) < 4.78 is 1.58. The van der Waals surface area contributed by atoms with Crippen molar-refractivity contribution in [2.45, 2.75) is 25.3 Å². The number of hydrogen-bond acceptors (Lipinski definition) is 4. The molecule has 1 atom stereocenters. The average Bonchev–Trinajstić information content (AvgIpc) is 2.79. The zero-order valence-electron chi connectivity index (χ0n) is 10.7. The molecule has 1 unspecified atom stereocenters. The number of hydrogen-bond donors (Lipinski definition) is 1. The smallest absolute Gasteiger partial charge is 0.235 e. The van der Waals surface area contributed by atoms with Gasteiger partial charge in [0.1, 0.15) is 6.29 Å². The van der Waals surface area contributed by atoms with E-state index in [1.165, 1.54) is 0 Å². The fourth-order valence-corrected chi connectivity index (χ4v) is 2.57. The highest BCUT2D eigenvalue weighted by Crippen LogP contribution is 2.30. The Kier molecular flexibility index (Phi) is 3.06. The van der Waals surface area contributed by atoms with Crippen LogP contribution in [0.3, 0.4) is 0 Å². The van der Waals surface area contributed by atoms with Crippen molar-refractivity contribution in [1.29, 1.82) is 0 Å². The van der Waals surface area contributed by atoms with Crippen LogP contribution in [-0.4, -0.2) is 27.9 Å². The van der Waals surface area contributed by atoms with E-state index >= 15 is 0 Å². The lowest BCUT2D eigenvalue weighted by Crippen LogP contribution is -2.39. The lowest BCUT2D eigenvalue weighted by molar-refractivity contribution is -0.134. The van der Waals surface area contributed by atoms with E-state index in [0.29, 0.717) is 18.5 Å². The molecule has 0 bridgehead atoms. The molecule has 1 N–H and O–H groups in total. The van der Waals surface area contributed by atoms with Gasteiger partial charge in [-0.25, -0.2) is 0 Å². The largest absolute Gasteiger partial charge is 0.301 e. The summed E-state index contributed by atoms with van der Waals surface area (Å²) in [7, 11) is 0. The Morgan fingerprint density at radius 3 is 2.90 bits per heavy atom. The van der Waals surface area contributed by atoms with Crippen LogP contribution < -0.4 is 5.32 Å². The summed E-state index contributed by atoms with van der Waals surface area (Å²) in [5.74, 6) is -1.00.